The molecule has 3 aromatic rings. The number of likely N-dealkylation sites (N-methyl/N-ethyl adjacent to an activating group) is 1. The minimum absolute atomic E-state index is 0.0893. The number of imidazole rings is 1. The molecule has 0 aliphatic carbocycles. The van der Waals surface area contributed by atoms with E-state index < -0.39 is 11.4 Å². The summed E-state index contributed by atoms with van der Waals surface area (Å²) < 4.78 is 1.00. The van der Waals surface area contributed by atoms with Gasteiger partial charge in [-0.05, 0) is 38.5 Å². The molecule has 8 heteroatoms. The zero-order valence-electron chi connectivity index (χ0n) is 14.1. The number of benzene rings is 1. The van der Waals surface area contributed by atoms with E-state index in [2.05, 4.69) is 21.1 Å². The Balaban J connectivity index is 1.86. The normalized spacial score (nSPS) is 15.8. The van der Waals surface area contributed by atoms with Crippen LogP contribution in [0.3, 0.4) is 0 Å². The Hall–Kier alpha value is -3.16. The fourth-order valence-electron chi connectivity index (χ4n) is 3.27. The lowest BCUT2D eigenvalue weighted by molar-refractivity contribution is -0.122. The number of carbonyl (C=O) groups excluding carboxylic acids is 2. The molecule has 0 spiro atoms. The standard InChI is InChI=1S/C17H17N6O2/c1-4-22-13-8-12-11(7-9(13)17(2,3)15(22)24)19-14(20-12)10-5-6-23(21-10)16(18)25/h6-8H,4H2,1-3H3,(H2,18,25)(H,19,20). The van der Waals surface area contributed by atoms with E-state index in [0.29, 0.717) is 18.1 Å². The van der Waals surface area contributed by atoms with Gasteiger partial charge in [-0.3, -0.25) is 4.79 Å². The van der Waals surface area contributed by atoms with E-state index >= 15 is 0 Å². The Bertz CT molecular complexity index is 1030. The first-order chi connectivity index (χ1) is 11.8. The Kier molecular flexibility index (Phi) is 3.02. The van der Waals surface area contributed by atoms with Crippen molar-refractivity contribution in [1.82, 2.24) is 19.7 Å². The summed E-state index contributed by atoms with van der Waals surface area (Å²) in [5.41, 5.74) is 8.39. The van der Waals surface area contributed by atoms with Crippen molar-refractivity contribution < 1.29 is 9.59 Å². The maximum Gasteiger partial charge on any atom is 0.339 e. The van der Waals surface area contributed by atoms with E-state index in [1.54, 1.807) is 4.90 Å². The van der Waals surface area contributed by atoms with Crippen molar-refractivity contribution in [1.29, 1.82) is 0 Å². The predicted molar refractivity (Wildman–Crippen MR) is 92.2 cm³/mol. The third kappa shape index (κ3) is 2.07. The highest BCUT2D eigenvalue weighted by atomic mass is 16.2. The number of fused-ring (bicyclic) bond motifs is 2. The maximum absolute atomic E-state index is 12.6. The van der Waals surface area contributed by atoms with Gasteiger partial charge in [0.2, 0.25) is 5.91 Å². The molecule has 4 rings (SSSR count). The van der Waals surface area contributed by atoms with Crippen LogP contribution in [0.2, 0.25) is 0 Å². The zero-order chi connectivity index (χ0) is 17.9. The molecule has 25 heavy (non-hydrogen) atoms. The number of anilines is 1. The van der Waals surface area contributed by atoms with E-state index in [4.69, 9.17) is 5.73 Å². The van der Waals surface area contributed by atoms with Gasteiger partial charge in [-0.2, -0.15) is 9.78 Å². The van der Waals surface area contributed by atoms with Gasteiger partial charge in [0.25, 0.3) is 0 Å². The van der Waals surface area contributed by atoms with Crippen LogP contribution in [0, 0.1) is 6.07 Å². The summed E-state index contributed by atoms with van der Waals surface area (Å²) in [4.78, 5) is 33.2. The van der Waals surface area contributed by atoms with Gasteiger partial charge in [0, 0.05) is 18.8 Å². The minimum Gasteiger partial charge on any atom is -0.350 e. The summed E-state index contributed by atoms with van der Waals surface area (Å²) in [6.45, 7) is 6.41. The molecule has 1 aliphatic heterocycles. The topological polar surface area (TPSA) is 110 Å². The summed E-state index contributed by atoms with van der Waals surface area (Å²) in [6.07, 6.45) is 1.37. The lowest BCUT2D eigenvalue weighted by atomic mass is 9.86. The van der Waals surface area contributed by atoms with Gasteiger partial charge >= 0.3 is 6.03 Å². The second-order valence-electron chi connectivity index (χ2n) is 6.55. The summed E-state index contributed by atoms with van der Waals surface area (Å²) >= 11 is 0. The molecular formula is C17H17N6O2. The minimum atomic E-state index is -0.684. The quantitative estimate of drug-likeness (QED) is 0.743. The molecule has 2 amide bonds. The molecule has 1 aliphatic rings. The Morgan fingerprint density at radius 2 is 2.16 bits per heavy atom. The van der Waals surface area contributed by atoms with E-state index in [9.17, 15) is 9.59 Å². The molecule has 3 N–H and O–H groups in total. The number of carbonyl (C=O) groups is 2. The van der Waals surface area contributed by atoms with Crippen LogP contribution >= 0.6 is 0 Å². The largest absolute Gasteiger partial charge is 0.350 e. The molecule has 3 heterocycles. The molecule has 0 saturated carbocycles. The van der Waals surface area contributed by atoms with Crippen LogP contribution in [0.5, 0.6) is 0 Å². The fraction of sp³-hybridized carbons (Fsp3) is 0.294. The van der Waals surface area contributed by atoms with Crippen LogP contribution in [0.4, 0.5) is 10.5 Å². The summed E-state index contributed by atoms with van der Waals surface area (Å²) in [5.74, 6) is 0.581. The molecule has 0 bridgehead atoms. The van der Waals surface area contributed by atoms with Crippen LogP contribution in [-0.4, -0.2) is 38.2 Å². The highest BCUT2D eigenvalue weighted by molar-refractivity contribution is 6.09. The number of aromatic nitrogens is 4. The smallest absolute Gasteiger partial charge is 0.339 e. The molecule has 0 saturated heterocycles. The Morgan fingerprint density at radius 3 is 2.80 bits per heavy atom. The molecular weight excluding hydrogens is 320 g/mol. The highest BCUT2D eigenvalue weighted by Gasteiger charge is 2.43. The van der Waals surface area contributed by atoms with Crippen molar-refractivity contribution >= 4 is 28.7 Å². The van der Waals surface area contributed by atoms with Crippen molar-refractivity contribution in [3.63, 3.8) is 0 Å². The molecule has 0 atom stereocenters. The summed E-state index contributed by atoms with van der Waals surface area (Å²) in [6, 6.07) is 6.04. The van der Waals surface area contributed by atoms with Gasteiger partial charge in [-0.15, -0.1) is 0 Å². The number of nitrogens with zero attached hydrogens (tertiary/aromatic N) is 4. The number of hydrogen-bond donors (Lipinski definition) is 2. The van der Waals surface area contributed by atoms with Crippen LogP contribution in [0.25, 0.3) is 22.6 Å². The monoisotopic (exact) mass is 337 g/mol. The number of hydrogen-bond acceptors (Lipinski definition) is 4. The summed E-state index contributed by atoms with van der Waals surface area (Å²) in [7, 11) is 0. The van der Waals surface area contributed by atoms with Crippen LogP contribution < -0.4 is 10.6 Å². The number of H-pyrrole nitrogens is 1. The first-order valence-electron chi connectivity index (χ1n) is 7.96. The van der Waals surface area contributed by atoms with E-state index in [1.165, 1.54) is 6.20 Å². The first kappa shape index (κ1) is 15.4. The fourth-order valence-corrected chi connectivity index (χ4v) is 3.27. The number of nitrogens with one attached hydrogen (secondary N) is 1. The molecule has 127 valence electrons. The third-order valence-corrected chi connectivity index (χ3v) is 4.64. The average molecular weight is 337 g/mol. The van der Waals surface area contributed by atoms with Gasteiger partial charge in [0.15, 0.2) is 5.82 Å². The van der Waals surface area contributed by atoms with Crippen molar-refractivity contribution in [3.8, 4) is 11.5 Å². The van der Waals surface area contributed by atoms with Gasteiger partial charge in [-0.1, -0.05) is 0 Å². The van der Waals surface area contributed by atoms with Crippen molar-refractivity contribution in [2.24, 2.45) is 5.73 Å². The number of primary amides is 1. The highest BCUT2D eigenvalue weighted by Crippen LogP contribution is 2.43. The number of nitrogens with two attached hydrogens (primary N) is 1. The van der Waals surface area contributed by atoms with E-state index in [-0.39, 0.29) is 5.91 Å². The number of rotatable bonds is 2. The van der Waals surface area contributed by atoms with Gasteiger partial charge in [0.1, 0.15) is 5.69 Å². The molecule has 1 aromatic carbocycles. The summed E-state index contributed by atoms with van der Waals surface area (Å²) in [5, 5.41) is 4.05. The van der Waals surface area contributed by atoms with Crippen LogP contribution in [0.1, 0.15) is 26.3 Å². The molecule has 0 unspecified atom stereocenters. The Labute approximate surface area is 143 Å². The maximum atomic E-state index is 12.6. The Morgan fingerprint density at radius 1 is 1.40 bits per heavy atom. The first-order valence-corrected chi connectivity index (χ1v) is 7.96. The lowest BCUT2D eigenvalue weighted by Gasteiger charge is -2.18. The second-order valence-corrected chi connectivity index (χ2v) is 6.55. The number of aromatic amines is 1. The van der Waals surface area contributed by atoms with Crippen molar-refractivity contribution in [2.45, 2.75) is 26.2 Å². The zero-order valence-corrected chi connectivity index (χ0v) is 14.1. The van der Waals surface area contributed by atoms with Crippen molar-refractivity contribution in [3.05, 3.63) is 30.0 Å². The van der Waals surface area contributed by atoms with E-state index in [1.807, 2.05) is 32.9 Å². The van der Waals surface area contributed by atoms with Gasteiger partial charge in [0.05, 0.1) is 22.1 Å². The van der Waals surface area contributed by atoms with Gasteiger partial charge in [-0.25, -0.2) is 9.78 Å². The second kappa shape index (κ2) is 4.92. The molecule has 8 nitrogen and oxygen atoms in total. The molecule has 1 radical (unpaired) electrons. The number of amides is 2. The lowest BCUT2D eigenvalue weighted by Crippen LogP contribution is -2.35. The van der Waals surface area contributed by atoms with Crippen LogP contribution in [-0.2, 0) is 10.2 Å². The van der Waals surface area contributed by atoms with Crippen molar-refractivity contribution in [2.75, 3.05) is 11.4 Å². The van der Waals surface area contributed by atoms with E-state index in [0.717, 1.165) is 27.0 Å². The van der Waals surface area contributed by atoms with Gasteiger partial charge < -0.3 is 15.6 Å². The molecule has 0 fully saturated rings. The molecule has 2 aromatic heterocycles. The SMILES string of the molecule is CCN1C(=O)C(C)(C)c2cc3[nH]c(-c4[c]cn(C(N)=O)n4)nc3cc21. The average Bonchev–Trinajstić information content (AvgIpc) is 3.23. The van der Waals surface area contributed by atoms with Crippen LogP contribution in [0.15, 0.2) is 18.3 Å². The third-order valence-electron chi connectivity index (χ3n) is 4.64. The predicted octanol–water partition coefficient (Wildman–Crippen LogP) is 1.80.